The summed E-state index contributed by atoms with van der Waals surface area (Å²) in [5.41, 5.74) is 0.407. The van der Waals surface area contributed by atoms with E-state index >= 15 is 0 Å². The van der Waals surface area contributed by atoms with Crippen molar-refractivity contribution >= 4 is 18.0 Å². The molecule has 0 aromatic heterocycles. The normalized spacial score (nSPS) is 14.8. The van der Waals surface area contributed by atoms with Crippen LogP contribution in [0.3, 0.4) is 0 Å². The van der Waals surface area contributed by atoms with E-state index in [9.17, 15) is 14.4 Å². The lowest BCUT2D eigenvalue weighted by Gasteiger charge is -2.23. The summed E-state index contributed by atoms with van der Waals surface area (Å²) < 4.78 is 5.07. The van der Waals surface area contributed by atoms with Gasteiger partial charge in [-0.25, -0.2) is 14.4 Å². The van der Waals surface area contributed by atoms with Crippen LogP contribution < -0.4 is 0 Å². The van der Waals surface area contributed by atoms with Crippen LogP contribution in [0.4, 0.5) is 4.79 Å². The Hall–Kier alpha value is -2.09. The Bertz CT molecular complexity index is 425. The molecule has 0 atom stereocenters. The number of ether oxygens (including phenoxy) is 1. The molecular formula is C15H26N2O6. The zero-order valence-electron chi connectivity index (χ0n) is 14.1. The molecule has 0 unspecified atom stereocenters. The van der Waals surface area contributed by atoms with E-state index in [4.69, 9.17) is 14.9 Å². The zero-order valence-corrected chi connectivity index (χ0v) is 14.1. The maximum absolute atomic E-state index is 11.1. The highest BCUT2D eigenvalue weighted by Gasteiger charge is 2.43. The van der Waals surface area contributed by atoms with Crippen LogP contribution in [0.5, 0.6) is 0 Å². The van der Waals surface area contributed by atoms with Crippen LogP contribution in [0.2, 0.25) is 0 Å². The van der Waals surface area contributed by atoms with Crippen LogP contribution in [0.15, 0.2) is 12.2 Å². The number of aliphatic carboxylic acids is 2. The molecule has 0 aromatic carbocycles. The van der Waals surface area contributed by atoms with Gasteiger partial charge in [-0.15, -0.1) is 0 Å². The van der Waals surface area contributed by atoms with Gasteiger partial charge in [-0.3, -0.25) is 0 Å². The first-order chi connectivity index (χ1) is 10.6. The minimum atomic E-state index is -1.26. The summed E-state index contributed by atoms with van der Waals surface area (Å²) >= 11 is 0. The number of hydrogen-bond acceptors (Lipinski definition) is 5. The van der Waals surface area contributed by atoms with Gasteiger partial charge in [0.2, 0.25) is 0 Å². The number of nitrogens with zero attached hydrogens (tertiary/aromatic N) is 2. The molecule has 23 heavy (non-hydrogen) atoms. The van der Waals surface area contributed by atoms with Crippen molar-refractivity contribution in [2.75, 3.05) is 34.8 Å². The summed E-state index contributed by atoms with van der Waals surface area (Å²) in [5, 5.41) is 15.6. The highest BCUT2D eigenvalue weighted by Crippen LogP contribution is 2.43. The summed E-state index contributed by atoms with van der Waals surface area (Å²) in [5.74, 6) is -2.51. The molecular weight excluding hydrogens is 304 g/mol. The molecule has 0 heterocycles. The molecule has 1 aliphatic rings. The molecule has 0 saturated heterocycles. The monoisotopic (exact) mass is 330 g/mol. The molecule has 0 bridgehead atoms. The van der Waals surface area contributed by atoms with Crippen molar-refractivity contribution in [3.8, 4) is 0 Å². The molecule has 1 rings (SSSR count). The van der Waals surface area contributed by atoms with Crippen LogP contribution in [0.1, 0.15) is 25.7 Å². The molecule has 1 amide bonds. The van der Waals surface area contributed by atoms with Gasteiger partial charge in [0.15, 0.2) is 0 Å². The second-order valence-corrected chi connectivity index (χ2v) is 5.74. The van der Waals surface area contributed by atoms with E-state index in [1.54, 1.807) is 14.1 Å². The van der Waals surface area contributed by atoms with Crippen LogP contribution in [0.25, 0.3) is 0 Å². The van der Waals surface area contributed by atoms with Crippen molar-refractivity contribution in [3.63, 3.8) is 0 Å². The van der Waals surface area contributed by atoms with Crippen LogP contribution in [-0.4, -0.2) is 78.4 Å². The highest BCUT2D eigenvalue weighted by atomic mass is 16.6. The van der Waals surface area contributed by atoms with Gasteiger partial charge in [0, 0.05) is 31.8 Å². The smallest absolute Gasteiger partial charge is 0.409 e. The second kappa shape index (κ2) is 9.83. The Morgan fingerprint density at radius 2 is 1.52 bits per heavy atom. The van der Waals surface area contributed by atoms with Crippen molar-refractivity contribution in [2.24, 2.45) is 0 Å². The number of carboxylic acid groups (broad SMARTS) is 2. The van der Waals surface area contributed by atoms with E-state index in [1.165, 1.54) is 17.7 Å². The van der Waals surface area contributed by atoms with Crippen molar-refractivity contribution in [2.45, 2.75) is 31.2 Å². The number of carbonyl (C=O) groups is 3. The average Bonchev–Trinajstić information content (AvgIpc) is 3.23. The third-order valence-corrected chi connectivity index (χ3v) is 3.52. The van der Waals surface area contributed by atoms with E-state index < -0.39 is 11.9 Å². The molecule has 1 aliphatic carbocycles. The zero-order chi connectivity index (χ0) is 18.0. The third kappa shape index (κ3) is 9.51. The van der Waals surface area contributed by atoms with E-state index in [-0.39, 0.29) is 6.09 Å². The predicted octanol–water partition coefficient (Wildman–Crippen LogP) is 1.27. The van der Waals surface area contributed by atoms with Crippen LogP contribution in [0, 0.1) is 0 Å². The van der Waals surface area contributed by atoms with Crippen molar-refractivity contribution < 1.29 is 29.3 Å². The molecule has 0 radical (unpaired) electrons. The summed E-state index contributed by atoms with van der Waals surface area (Å²) in [6.07, 6.45) is 5.51. The minimum Gasteiger partial charge on any atom is -0.478 e. The molecule has 0 spiro atoms. The Balaban J connectivity index is 0.000000515. The second-order valence-electron chi connectivity index (χ2n) is 5.74. The number of carbonyl (C=O) groups excluding carboxylic acids is 1. The minimum absolute atomic E-state index is 0.246. The molecule has 2 N–H and O–H groups in total. The number of rotatable bonds is 7. The third-order valence-electron chi connectivity index (χ3n) is 3.52. The lowest BCUT2D eigenvalue weighted by Crippen LogP contribution is -2.30. The van der Waals surface area contributed by atoms with Crippen LogP contribution in [-0.2, 0) is 14.3 Å². The van der Waals surface area contributed by atoms with Gasteiger partial charge < -0.3 is 24.7 Å². The molecule has 0 aromatic rings. The Morgan fingerprint density at radius 3 is 1.83 bits per heavy atom. The number of hydrogen-bond donors (Lipinski definition) is 2. The highest BCUT2D eigenvalue weighted by molar-refractivity contribution is 5.89. The lowest BCUT2D eigenvalue weighted by atomic mass is 10.1. The van der Waals surface area contributed by atoms with Crippen LogP contribution >= 0.6 is 0 Å². The molecule has 8 nitrogen and oxygen atoms in total. The largest absolute Gasteiger partial charge is 0.478 e. The van der Waals surface area contributed by atoms with Gasteiger partial charge in [-0.2, -0.15) is 0 Å². The first-order valence-corrected chi connectivity index (χ1v) is 7.26. The Kier molecular flexibility index (Phi) is 8.94. The van der Waals surface area contributed by atoms with Gasteiger partial charge in [-0.05, 0) is 39.8 Å². The first kappa shape index (κ1) is 20.9. The van der Waals surface area contributed by atoms with Gasteiger partial charge in [0.25, 0.3) is 0 Å². The summed E-state index contributed by atoms with van der Waals surface area (Å²) in [6.45, 7) is 0.534. The van der Waals surface area contributed by atoms with Crippen molar-refractivity contribution in [1.29, 1.82) is 0 Å². The summed E-state index contributed by atoms with van der Waals surface area (Å²) in [4.78, 5) is 34.0. The number of carboxylic acids is 2. The summed E-state index contributed by atoms with van der Waals surface area (Å²) in [6, 6.07) is 0. The van der Waals surface area contributed by atoms with E-state index in [0.29, 0.717) is 24.3 Å². The van der Waals surface area contributed by atoms with Gasteiger partial charge in [-0.1, -0.05) is 0 Å². The summed E-state index contributed by atoms with van der Waals surface area (Å²) in [7, 11) is 7.65. The molecule has 8 heteroatoms. The fourth-order valence-electron chi connectivity index (χ4n) is 1.90. The van der Waals surface area contributed by atoms with E-state index in [2.05, 4.69) is 19.0 Å². The Morgan fingerprint density at radius 1 is 1.04 bits per heavy atom. The topological polar surface area (TPSA) is 107 Å². The maximum Gasteiger partial charge on any atom is 0.409 e. The van der Waals surface area contributed by atoms with Crippen molar-refractivity contribution in [1.82, 2.24) is 9.80 Å². The SMILES string of the molecule is CN(C)C(=O)OCCCC1(N(C)C)CC1.O=C(O)/C=C/C(=O)O. The molecule has 1 saturated carbocycles. The number of amides is 1. The molecule has 132 valence electrons. The average molecular weight is 330 g/mol. The predicted molar refractivity (Wildman–Crippen MR) is 84.3 cm³/mol. The molecule has 1 fully saturated rings. The van der Waals surface area contributed by atoms with E-state index in [0.717, 1.165) is 12.8 Å². The fraction of sp³-hybridized carbons (Fsp3) is 0.667. The van der Waals surface area contributed by atoms with Gasteiger partial charge in [0.05, 0.1) is 6.61 Å². The van der Waals surface area contributed by atoms with E-state index in [1.807, 2.05) is 0 Å². The quantitative estimate of drug-likeness (QED) is 0.534. The standard InChI is InChI=1S/C11H22N2O2.C4H4O4/c1-12(2)10(14)15-9-5-6-11(7-8-11)13(3)4;5-3(6)1-2-4(7)8/h5-9H2,1-4H3;1-2H,(H,5,6)(H,7,8)/b;2-1+. The Labute approximate surface area is 136 Å². The first-order valence-electron chi connectivity index (χ1n) is 7.26. The van der Waals surface area contributed by atoms with Gasteiger partial charge in [0.1, 0.15) is 0 Å². The van der Waals surface area contributed by atoms with Gasteiger partial charge >= 0.3 is 18.0 Å². The maximum atomic E-state index is 11.1. The fourth-order valence-corrected chi connectivity index (χ4v) is 1.90. The molecule has 0 aliphatic heterocycles. The lowest BCUT2D eigenvalue weighted by molar-refractivity contribution is -0.134. The van der Waals surface area contributed by atoms with Crippen molar-refractivity contribution in [3.05, 3.63) is 12.2 Å².